The van der Waals surface area contributed by atoms with Gasteiger partial charge in [0.15, 0.2) is 5.69 Å². The van der Waals surface area contributed by atoms with E-state index in [1.807, 2.05) is 6.92 Å². The Kier molecular flexibility index (Phi) is 4.03. The second kappa shape index (κ2) is 5.58. The minimum Gasteiger partial charge on any atom is -0.476 e. The number of amides is 1. The van der Waals surface area contributed by atoms with E-state index in [9.17, 15) is 9.59 Å². The van der Waals surface area contributed by atoms with Gasteiger partial charge in [0.2, 0.25) is 5.60 Å². The molecule has 1 atom stereocenters. The summed E-state index contributed by atoms with van der Waals surface area (Å²) in [5.41, 5.74) is -0.126. The first-order valence-electron chi connectivity index (χ1n) is 6.08. The third-order valence-electron chi connectivity index (χ3n) is 2.87. The van der Waals surface area contributed by atoms with Crippen LogP contribution in [0.1, 0.15) is 35.8 Å². The van der Waals surface area contributed by atoms with Gasteiger partial charge < -0.3 is 15.3 Å². The minimum absolute atomic E-state index is 0.0337. The molecule has 0 aliphatic carbocycles. The quantitative estimate of drug-likeness (QED) is 0.846. The van der Waals surface area contributed by atoms with Gasteiger partial charge in [0.25, 0.3) is 5.91 Å². The first-order chi connectivity index (χ1) is 9.40. The summed E-state index contributed by atoms with van der Waals surface area (Å²) in [6.07, 6.45) is 0.957. The highest BCUT2D eigenvalue weighted by Gasteiger charge is 2.40. The van der Waals surface area contributed by atoms with Crippen molar-refractivity contribution in [2.24, 2.45) is 5.16 Å². The van der Waals surface area contributed by atoms with Gasteiger partial charge in [-0.1, -0.05) is 5.16 Å². The molecule has 108 valence electrons. The fourth-order valence-electron chi connectivity index (χ4n) is 1.85. The summed E-state index contributed by atoms with van der Waals surface area (Å²) in [7, 11) is 0. The Hall–Kier alpha value is -1.96. The summed E-state index contributed by atoms with van der Waals surface area (Å²) in [6.45, 7) is 3.87. The number of hydrogen-bond acceptors (Lipinski definition) is 6. The van der Waals surface area contributed by atoms with Crippen molar-refractivity contribution in [2.45, 2.75) is 32.3 Å². The zero-order chi connectivity index (χ0) is 14.8. The van der Waals surface area contributed by atoms with Crippen molar-refractivity contribution in [1.82, 2.24) is 10.3 Å². The Balaban J connectivity index is 1.81. The average molecular weight is 297 g/mol. The lowest BCUT2D eigenvalue weighted by molar-refractivity contribution is -0.141. The van der Waals surface area contributed by atoms with Crippen LogP contribution in [0, 0.1) is 0 Å². The monoisotopic (exact) mass is 297 g/mol. The Morgan fingerprint density at radius 1 is 1.60 bits per heavy atom. The molecule has 0 saturated heterocycles. The molecular formula is C12H15N3O4S. The largest absolute Gasteiger partial charge is 0.476 e. The molecular weight excluding hydrogens is 282 g/mol. The molecule has 0 radical (unpaired) electrons. The van der Waals surface area contributed by atoms with E-state index in [4.69, 9.17) is 9.94 Å². The number of aromatic carboxylic acids is 1. The van der Waals surface area contributed by atoms with Crippen LogP contribution in [-0.4, -0.2) is 39.8 Å². The van der Waals surface area contributed by atoms with E-state index in [2.05, 4.69) is 15.5 Å². The van der Waals surface area contributed by atoms with Crippen LogP contribution < -0.4 is 5.32 Å². The molecule has 0 spiro atoms. The highest BCUT2D eigenvalue weighted by atomic mass is 32.1. The zero-order valence-electron chi connectivity index (χ0n) is 11.2. The van der Waals surface area contributed by atoms with Gasteiger partial charge in [0.05, 0.1) is 10.7 Å². The smallest absolute Gasteiger partial charge is 0.355 e. The van der Waals surface area contributed by atoms with Gasteiger partial charge in [-0.3, -0.25) is 4.79 Å². The first kappa shape index (κ1) is 14.4. The van der Waals surface area contributed by atoms with Crippen molar-refractivity contribution >= 4 is 28.9 Å². The maximum Gasteiger partial charge on any atom is 0.355 e. The number of hydrogen-bond donors (Lipinski definition) is 2. The minimum atomic E-state index is -1.05. The van der Waals surface area contributed by atoms with E-state index in [1.165, 1.54) is 16.7 Å². The van der Waals surface area contributed by atoms with E-state index < -0.39 is 11.6 Å². The number of rotatable bonds is 5. The summed E-state index contributed by atoms with van der Waals surface area (Å²) in [6, 6.07) is 0. The van der Waals surface area contributed by atoms with E-state index in [-0.39, 0.29) is 11.6 Å². The molecule has 7 nitrogen and oxygen atoms in total. The van der Waals surface area contributed by atoms with Crippen LogP contribution in [-0.2, 0) is 16.1 Å². The van der Waals surface area contributed by atoms with Gasteiger partial charge in [0, 0.05) is 24.8 Å². The molecule has 2 N–H and O–H groups in total. The number of aromatic nitrogens is 1. The molecule has 0 fully saturated rings. The van der Waals surface area contributed by atoms with Gasteiger partial charge in [-0.25, -0.2) is 9.78 Å². The van der Waals surface area contributed by atoms with E-state index in [0.717, 1.165) is 5.71 Å². The van der Waals surface area contributed by atoms with Crippen molar-refractivity contribution in [3.05, 3.63) is 16.1 Å². The van der Waals surface area contributed by atoms with Crippen LogP contribution in [0.3, 0.4) is 0 Å². The van der Waals surface area contributed by atoms with Crippen LogP contribution in [0.15, 0.2) is 10.5 Å². The topological polar surface area (TPSA) is 101 Å². The fraction of sp³-hybridized carbons (Fsp3) is 0.500. The maximum absolute atomic E-state index is 12.0. The van der Waals surface area contributed by atoms with Gasteiger partial charge in [-0.05, 0) is 13.8 Å². The van der Waals surface area contributed by atoms with Crippen molar-refractivity contribution in [3.8, 4) is 0 Å². The number of thiazole rings is 1. The van der Waals surface area contributed by atoms with Crippen LogP contribution in [0.2, 0.25) is 0 Å². The number of nitrogens with zero attached hydrogens (tertiary/aromatic N) is 2. The lowest BCUT2D eigenvalue weighted by Gasteiger charge is -2.20. The van der Waals surface area contributed by atoms with Gasteiger partial charge in [0.1, 0.15) is 0 Å². The molecule has 8 heteroatoms. The number of carbonyl (C=O) groups is 2. The van der Waals surface area contributed by atoms with E-state index in [1.54, 1.807) is 6.92 Å². The predicted octanol–water partition coefficient (Wildman–Crippen LogP) is 1.05. The third-order valence-corrected chi connectivity index (χ3v) is 3.78. The van der Waals surface area contributed by atoms with Crippen LogP contribution >= 0.6 is 11.3 Å². The number of oxime groups is 1. The average Bonchev–Trinajstić information content (AvgIpc) is 2.97. The number of carboxylic acid groups (broad SMARTS) is 1. The SMILES string of the molecule is CC1=NOC(C)(C(=O)NCCc2nc(C(=O)O)cs2)C1. The van der Waals surface area contributed by atoms with Crippen LogP contribution in [0.4, 0.5) is 0 Å². The van der Waals surface area contributed by atoms with Crippen LogP contribution in [0.25, 0.3) is 0 Å². The second-order valence-electron chi connectivity index (χ2n) is 4.76. The normalized spacial score (nSPS) is 21.2. The van der Waals surface area contributed by atoms with E-state index in [0.29, 0.717) is 24.4 Å². The molecule has 20 heavy (non-hydrogen) atoms. The van der Waals surface area contributed by atoms with Gasteiger partial charge >= 0.3 is 5.97 Å². The highest BCUT2D eigenvalue weighted by Crippen LogP contribution is 2.23. The lowest BCUT2D eigenvalue weighted by atomic mass is 9.99. The molecule has 1 aromatic rings. The van der Waals surface area contributed by atoms with Crippen molar-refractivity contribution in [1.29, 1.82) is 0 Å². The molecule has 1 aliphatic heterocycles. The van der Waals surface area contributed by atoms with Crippen LogP contribution in [0.5, 0.6) is 0 Å². The van der Waals surface area contributed by atoms with Crippen molar-refractivity contribution in [3.63, 3.8) is 0 Å². The summed E-state index contributed by atoms with van der Waals surface area (Å²) < 4.78 is 0. The summed E-state index contributed by atoms with van der Waals surface area (Å²) in [4.78, 5) is 31.8. The Morgan fingerprint density at radius 3 is 2.90 bits per heavy atom. The van der Waals surface area contributed by atoms with Crippen molar-refractivity contribution < 1.29 is 19.5 Å². The first-order valence-corrected chi connectivity index (χ1v) is 6.96. The number of carboxylic acids is 1. The molecule has 1 amide bonds. The standard InChI is InChI=1S/C12H15N3O4S/c1-7-5-12(2,19-15-7)11(18)13-4-3-9-14-8(6-20-9)10(16)17/h6H,3-5H2,1-2H3,(H,13,18)(H,16,17). The fourth-order valence-corrected chi connectivity index (χ4v) is 2.62. The molecule has 0 bridgehead atoms. The van der Waals surface area contributed by atoms with E-state index >= 15 is 0 Å². The highest BCUT2D eigenvalue weighted by molar-refractivity contribution is 7.09. The molecule has 2 heterocycles. The predicted molar refractivity (Wildman–Crippen MR) is 73.0 cm³/mol. The Bertz CT molecular complexity index is 569. The van der Waals surface area contributed by atoms with Gasteiger partial charge in [-0.15, -0.1) is 11.3 Å². The summed E-state index contributed by atoms with van der Waals surface area (Å²) in [5.74, 6) is -1.27. The molecule has 0 saturated carbocycles. The second-order valence-corrected chi connectivity index (χ2v) is 5.71. The lowest BCUT2D eigenvalue weighted by Crippen LogP contribution is -2.45. The third kappa shape index (κ3) is 3.13. The summed E-state index contributed by atoms with van der Waals surface area (Å²) >= 11 is 1.26. The van der Waals surface area contributed by atoms with Gasteiger partial charge in [-0.2, -0.15) is 0 Å². The Labute approximate surface area is 119 Å². The number of carbonyl (C=O) groups excluding carboxylic acids is 1. The summed E-state index contributed by atoms with van der Waals surface area (Å²) in [5, 5.41) is 17.5. The molecule has 2 rings (SSSR count). The zero-order valence-corrected chi connectivity index (χ0v) is 12.0. The Morgan fingerprint density at radius 2 is 2.35 bits per heavy atom. The number of nitrogens with one attached hydrogen (secondary N) is 1. The molecule has 1 aliphatic rings. The maximum atomic E-state index is 12.0. The molecule has 1 unspecified atom stereocenters. The molecule has 1 aromatic heterocycles. The van der Waals surface area contributed by atoms with Crippen molar-refractivity contribution in [2.75, 3.05) is 6.54 Å². The molecule has 0 aromatic carbocycles.